The van der Waals surface area contributed by atoms with Gasteiger partial charge in [-0.3, -0.25) is 0 Å². The van der Waals surface area contributed by atoms with Crippen LogP contribution in [0.2, 0.25) is 0 Å². The lowest BCUT2D eigenvalue weighted by atomic mass is 10.1. The lowest BCUT2D eigenvalue weighted by Gasteiger charge is -2.05. The predicted octanol–water partition coefficient (Wildman–Crippen LogP) is 3.93. The molecule has 1 nitrogen and oxygen atoms in total. The molecule has 1 aromatic carbocycles. The molecule has 0 heterocycles. The summed E-state index contributed by atoms with van der Waals surface area (Å²) >= 11 is 8.01. The first-order valence-corrected chi connectivity index (χ1v) is 5.46. The smallest absolute Gasteiger partial charge is 0.0798 e. The highest BCUT2D eigenvalue weighted by atomic mass is 79.9. The lowest BCUT2D eigenvalue weighted by Crippen LogP contribution is -1.85. The lowest BCUT2D eigenvalue weighted by molar-refractivity contribution is 1.28. The average Bonchev–Trinajstić information content (AvgIpc) is 2.11. The average molecular weight is 256 g/mol. The third-order valence-electron chi connectivity index (χ3n) is 1.86. The minimum atomic E-state index is 0.871. The Morgan fingerprint density at radius 2 is 1.92 bits per heavy atom. The van der Waals surface area contributed by atoms with E-state index in [0.29, 0.717) is 0 Å². The third-order valence-corrected chi connectivity index (χ3v) is 2.60. The molecule has 0 aromatic heterocycles. The quantitative estimate of drug-likeness (QED) is 0.443. The zero-order valence-corrected chi connectivity index (χ0v) is 10.00. The van der Waals surface area contributed by atoms with Crippen LogP contribution in [0.5, 0.6) is 0 Å². The summed E-state index contributed by atoms with van der Waals surface area (Å²) in [5.41, 5.74) is 4.50. The van der Waals surface area contributed by atoms with Gasteiger partial charge in [-0.2, -0.15) is 4.99 Å². The highest BCUT2D eigenvalue weighted by Crippen LogP contribution is 2.25. The summed E-state index contributed by atoms with van der Waals surface area (Å²) in [6.45, 7) is 4.06. The fourth-order valence-electron chi connectivity index (χ4n) is 1.34. The van der Waals surface area contributed by atoms with Crippen LogP contribution in [0.1, 0.15) is 16.7 Å². The van der Waals surface area contributed by atoms with Gasteiger partial charge in [0, 0.05) is 5.33 Å². The van der Waals surface area contributed by atoms with Gasteiger partial charge in [-0.1, -0.05) is 28.1 Å². The van der Waals surface area contributed by atoms with E-state index in [9.17, 15) is 0 Å². The van der Waals surface area contributed by atoms with Gasteiger partial charge in [0.05, 0.1) is 10.8 Å². The number of thiocarbonyl (C=S) groups is 1. The van der Waals surface area contributed by atoms with Gasteiger partial charge in [0.25, 0.3) is 0 Å². The SMILES string of the molecule is Cc1cc(CBr)cc(C)c1N=C=S. The van der Waals surface area contributed by atoms with E-state index in [1.165, 1.54) is 5.56 Å². The molecule has 0 unspecified atom stereocenters. The normalized spacial score (nSPS) is 9.46. The minimum Gasteiger partial charge on any atom is -0.194 e. The molecule has 1 aromatic rings. The Morgan fingerprint density at radius 3 is 2.31 bits per heavy atom. The van der Waals surface area contributed by atoms with Crippen molar-refractivity contribution in [3.8, 4) is 0 Å². The summed E-state index contributed by atoms with van der Waals surface area (Å²) in [6.07, 6.45) is 0. The molecule has 0 radical (unpaired) electrons. The number of hydrogen-bond donors (Lipinski definition) is 0. The fourth-order valence-corrected chi connectivity index (χ4v) is 1.76. The van der Waals surface area contributed by atoms with Gasteiger partial charge in [0.2, 0.25) is 0 Å². The summed E-state index contributed by atoms with van der Waals surface area (Å²) in [5, 5.41) is 3.27. The Hall–Kier alpha value is -0.500. The summed E-state index contributed by atoms with van der Waals surface area (Å²) in [7, 11) is 0. The van der Waals surface area contributed by atoms with Gasteiger partial charge >= 0.3 is 0 Å². The number of rotatable bonds is 2. The molecule has 0 atom stereocenters. The molecule has 0 amide bonds. The fraction of sp³-hybridized carbons (Fsp3) is 0.300. The summed E-state index contributed by atoms with van der Waals surface area (Å²) < 4.78 is 0. The predicted molar refractivity (Wildman–Crippen MR) is 63.2 cm³/mol. The molecule has 3 heteroatoms. The Kier molecular flexibility index (Phi) is 3.79. The van der Waals surface area contributed by atoms with Crippen LogP contribution in [-0.4, -0.2) is 5.16 Å². The van der Waals surface area contributed by atoms with E-state index >= 15 is 0 Å². The molecule has 0 spiro atoms. The number of halogens is 1. The van der Waals surface area contributed by atoms with Crippen LogP contribution < -0.4 is 0 Å². The number of aryl methyl sites for hydroxylation is 2. The van der Waals surface area contributed by atoms with Crippen LogP contribution >= 0.6 is 28.1 Å². The zero-order valence-electron chi connectivity index (χ0n) is 7.60. The maximum Gasteiger partial charge on any atom is 0.0798 e. The number of alkyl halides is 1. The van der Waals surface area contributed by atoms with E-state index in [4.69, 9.17) is 0 Å². The topological polar surface area (TPSA) is 12.4 Å². The molecule has 0 N–H and O–H groups in total. The largest absolute Gasteiger partial charge is 0.194 e. The van der Waals surface area contributed by atoms with E-state index in [2.05, 4.69) is 50.4 Å². The van der Waals surface area contributed by atoms with Crippen molar-refractivity contribution in [3.63, 3.8) is 0 Å². The standard InChI is InChI=1S/C10H10BrNS/c1-7-3-9(5-11)4-8(2)10(7)12-6-13/h3-4H,5H2,1-2H3. The molecule has 0 bridgehead atoms. The molecular formula is C10H10BrNS. The van der Waals surface area contributed by atoms with Crippen molar-refractivity contribution in [2.24, 2.45) is 4.99 Å². The van der Waals surface area contributed by atoms with Crippen molar-refractivity contribution in [2.75, 3.05) is 0 Å². The Balaban J connectivity index is 3.30. The van der Waals surface area contributed by atoms with Gasteiger partial charge in [0.1, 0.15) is 0 Å². The molecule has 68 valence electrons. The summed E-state index contributed by atoms with van der Waals surface area (Å²) in [5.74, 6) is 0. The zero-order chi connectivity index (χ0) is 9.84. The van der Waals surface area contributed by atoms with Gasteiger partial charge in [-0.15, -0.1) is 0 Å². The first-order chi connectivity index (χ1) is 6.19. The second-order valence-corrected chi connectivity index (χ2v) is 3.66. The van der Waals surface area contributed by atoms with E-state index in [0.717, 1.165) is 22.1 Å². The van der Waals surface area contributed by atoms with Crippen LogP contribution in [0.15, 0.2) is 17.1 Å². The van der Waals surface area contributed by atoms with Gasteiger partial charge in [-0.05, 0) is 42.8 Å². The number of isothiocyanates is 1. The Morgan fingerprint density at radius 1 is 1.38 bits per heavy atom. The Bertz CT molecular complexity index is 344. The van der Waals surface area contributed by atoms with Gasteiger partial charge in [-0.25, -0.2) is 0 Å². The highest BCUT2D eigenvalue weighted by molar-refractivity contribution is 9.08. The Labute approximate surface area is 92.0 Å². The number of nitrogens with zero attached hydrogens (tertiary/aromatic N) is 1. The molecule has 0 aliphatic carbocycles. The molecule has 0 aliphatic rings. The van der Waals surface area contributed by atoms with Crippen molar-refractivity contribution in [2.45, 2.75) is 19.2 Å². The van der Waals surface area contributed by atoms with E-state index in [-0.39, 0.29) is 0 Å². The molecular weight excluding hydrogens is 246 g/mol. The van der Waals surface area contributed by atoms with Gasteiger partial charge in [0.15, 0.2) is 0 Å². The highest BCUT2D eigenvalue weighted by Gasteiger charge is 2.02. The van der Waals surface area contributed by atoms with Crippen molar-refractivity contribution >= 4 is 39.0 Å². The summed E-state index contributed by atoms with van der Waals surface area (Å²) in [4.78, 5) is 4.03. The maximum atomic E-state index is 4.59. The van der Waals surface area contributed by atoms with Gasteiger partial charge < -0.3 is 0 Å². The van der Waals surface area contributed by atoms with Crippen molar-refractivity contribution in [1.29, 1.82) is 0 Å². The monoisotopic (exact) mass is 255 g/mol. The van der Waals surface area contributed by atoms with Crippen LogP contribution in [0, 0.1) is 13.8 Å². The van der Waals surface area contributed by atoms with Crippen molar-refractivity contribution in [3.05, 3.63) is 28.8 Å². The molecule has 0 fully saturated rings. The van der Waals surface area contributed by atoms with Crippen LogP contribution in [0.3, 0.4) is 0 Å². The number of aliphatic imine (C=N–C) groups is 1. The van der Waals surface area contributed by atoms with E-state index in [1.807, 2.05) is 13.8 Å². The van der Waals surface area contributed by atoms with Crippen LogP contribution in [0.4, 0.5) is 5.69 Å². The number of benzene rings is 1. The third kappa shape index (κ3) is 2.47. The maximum absolute atomic E-state index is 4.59. The second kappa shape index (κ2) is 4.66. The van der Waals surface area contributed by atoms with Crippen molar-refractivity contribution < 1.29 is 0 Å². The first kappa shape index (κ1) is 10.6. The molecule has 0 saturated carbocycles. The summed E-state index contributed by atoms with van der Waals surface area (Å²) in [6, 6.07) is 4.21. The second-order valence-electron chi connectivity index (χ2n) is 2.91. The van der Waals surface area contributed by atoms with Crippen molar-refractivity contribution in [1.82, 2.24) is 0 Å². The number of hydrogen-bond acceptors (Lipinski definition) is 2. The molecule has 0 saturated heterocycles. The minimum absolute atomic E-state index is 0.871. The molecule has 0 aliphatic heterocycles. The van der Waals surface area contributed by atoms with E-state index < -0.39 is 0 Å². The van der Waals surface area contributed by atoms with Crippen LogP contribution in [0.25, 0.3) is 0 Å². The first-order valence-electron chi connectivity index (χ1n) is 3.93. The van der Waals surface area contributed by atoms with E-state index in [1.54, 1.807) is 0 Å². The molecule has 1 rings (SSSR count). The molecule has 13 heavy (non-hydrogen) atoms. The van der Waals surface area contributed by atoms with Crippen LogP contribution in [-0.2, 0) is 5.33 Å².